The molecule has 0 fully saturated rings. The van der Waals surface area contributed by atoms with E-state index in [0.29, 0.717) is 12.8 Å². The Labute approximate surface area is 102 Å². The van der Waals surface area contributed by atoms with E-state index in [1.807, 2.05) is 0 Å². The van der Waals surface area contributed by atoms with Crippen molar-refractivity contribution in [1.82, 2.24) is 4.72 Å². The molecular weight excluding hydrogens is 246 g/mol. The highest BCUT2D eigenvalue weighted by atomic mass is 32.2. The number of nitrogens with one attached hydrogen (secondary N) is 1. The van der Waals surface area contributed by atoms with E-state index in [2.05, 4.69) is 9.46 Å². The van der Waals surface area contributed by atoms with Gasteiger partial charge in [0.25, 0.3) is 0 Å². The fourth-order valence-electron chi connectivity index (χ4n) is 1.33. The number of sulfonamides is 1. The van der Waals surface area contributed by atoms with Crippen LogP contribution in [0.4, 0.5) is 0 Å². The Hall–Kier alpha value is -0.660. The number of carbonyl (C=O) groups is 1. The molecule has 0 amide bonds. The molecule has 0 radical (unpaired) electrons. The van der Waals surface area contributed by atoms with Gasteiger partial charge in [0.1, 0.15) is 0 Å². The molecule has 0 bridgehead atoms. The first-order chi connectivity index (χ1) is 7.78. The molecule has 1 atom stereocenters. The number of methoxy groups -OCH3 is 1. The van der Waals surface area contributed by atoms with Crippen LogP contribution in [0.5, 0.6) is 0 Å². The molecule has 1 unspecified atom stereocenters. The third-order valence-electron chi connectivity index (χ3n) is 3.01. The number of ether oxygens (including phenoxy) is 1. The molecule has 0 spiro atoms. The number of esters is 1. The lowest BCUT2D eigenvalue weighted by atomic mass is 9.96. The van der Waals surface area contributed by atoms with Gasteiger partial charge in [0.05, 0.1) is 19.3 Å². The van der Waals surface area contributed by atoms with E-state index in [1.54, 1.807) is 13.8 Å². The van der Waals surface area contributed by atoms with Crippen LogP contribution in [-0.4, -0.2) is 44.0 Å². The molecule has 0 aromatic carbocycles. The van der Waals surface area contributed by atoms with E-state index in [1.165, 1.54) is 6.92 Å². The second kappa shape index (κ2) is 6.32. The van der Waals surface area contributed by atoms with Crippen LogP contribution in [0.3, 0.4) is 0 Å². The lowest BCUT2D eigenvalue weighted by molar-refractivity contribution is -0.139. The number of aliphatic hydroxyl groups excluding tert-OH is 1. The van der Waals surface area contributed by atoms with Crippen molar-refractivity contribution in [1.29, 1.82) is 0 Å². The van der Waals surface area contributed by atoms with Gasteiger partial charge in [-0.3, -0.25) is 4.79 Å². The highest BCUT2D eigenvalue weighted by Gasteiger charge is 2.36. The Balaban J connectivity index is 5.03. The molecule has 0 aromatic heterocycles. The predicted molar refractivity (Wildman–Crippen MR) is 63.9 cm³/mol. The van der Waals surface area contributed by atoms with Crippen LogP contribution in [0.2, 0.25) is 0 Å². The van der Waals surface area contributed by atoms with E-state index in [4.69, 9.17) is 0 Å². The smallest absolute Gasteiger partial charge is 0.325 e. The summed E-state index contributed by atoms with van der Waals surface area (Å²) in [5.74, 6) is -0.823. The predicted octanol–water partition coefficient (Wildman–Crippen LogP) is 0.0184. The Morgan fingerprint density at radius 1 is 1.41 bits per heavy atom. The van der Waals surface area contributed by atoms with Crippen LogP contribution in [0, 0.1) is 0 Å². The fourth-order valence-corrected chi connectivity index (χ4v) is 2.82. The second-order valence-corrected chi connectivity index (χ2v) is 5.96. The van der Waals surface area contributed by atoms with E-state index in [9.17, 15) is 18.3 Å². The molecule has 17 heavy (non-hydrogen) atoms. The van der Waals surface area contributed by atoms with Crippen LogP contribution < -0.4 is 4.72 Å². The van der Waals surface area contributed by atoms with Gasteiger partial charge >= 0.3 is 5.97 Å². The van der Waals surface area contributed by atoms with Crippen molar-refractivity contribution in [3.05, 3.63) is 0 Å². The lowest BCUT2D eigenvalue weighted by Gasteiger charge is -2.31. The molecule has 0 saturated heterocycles. The van der Waals surface area contributed by atoms with Crippen molar-refractivity contribution in [2.45, 2.75) is 44.4 Å². The van der Waals surface area contributed by atoms with Crippen LogP contribution in [0.15, 0.2) is 0 Å². The van der Waals surface area contributed by atoms with Gasteiger partial charge in [-0.2, -0.15) is 0 Å². The van der Waals surface area contributed by atoms with Crippen molar-refractivity contribution >= 4 is 16.0 Å². The highest BCUT2D eigenvalue weighted by Crippen LogP contribution is 2.17. The summed E-state index contributed by atoms with van der Waals surface area (Å²) in [5.41, 5.74) is -0.916. The van der Waals surface area contributed by atoms with Gasteiger partial charge in [0, 0.05) is 0 Å². The Morgan fingerprint density at radius 2 is 1.88 bits per heavy atom. The van der Waals surface area contributed by atoms with Crippen molar-refractivity contribution in [2.24, 2.45) is 0 Å². The summed E-state index contributed by atoms with van der Waals surface area (Å²) in [6.07, 6.45) is 0.875. The van der Waals surface area contributed by atoms with E-state index >= 15 is 0 Å². The minimum absolute atomic E-state index is 0.312. The quantitative estimate of drug-likeness (QED) is 0.634. The second-order valence-electron chi connectivity index (χ2n) is 3.96. The van der Waals surface area contributed by atoms with Crippen LogP contribution in [0.25, 0.3) is 0 Å². The first kappa shape index (κ1) is 16.3. The average molecular weight is 267 g/mol. The zero-order chi connectivity index (χ0) is 13.7. The Morgan fingerprint density at radius 3 is 2.18 bits per heavy atom. The average Bonchev–Trinajstić information content (AvgIpc) is 2.34. The summed E-state index contributed by atoms with van der Waals surface area (Å²) in [6, 6.07) is 0. The van der Waals surface area contributed by atoms with Gasteiger partial charge in [0.15, 0.2) is 5.25 Å². The van der Waals surface area contributed by atoms with Gasteiger partial charge in [-0.05, 0) is 19.8 Å². The highest BCUT2D eigenvalue weighted by molar-refractivity contribution is 7.90. The molecule has 102 valence electrons. The number of aliphatic hydroxyl groups is 1. The van der Waals surface area contributed by atoms with Gasteiger partial charge in [-0.15, -0.1) is 0 Å². The molecule has 0 aromatic rings. The summed E-state index contributed by atoms with van der Waals surface area (Å²) >= 11 is 0. The number of hydrogen-bond acceptors (Lipinski definition) is 5. The number of hydrogen-bond donors (Lipinski definition) is 2. The van der Waals surface area contributed by atoms with Crippen LogP contribution in [-0.2, 0) is 19.6 Å². The number of carbonyl (C=O) groups excluding carboxylic acids is 1. The summed E-state index contributed by atoms with van der Waals surface area (Å²) in [6.45, 7) is 4.48. The van der Waals surface area contributed by atoms with E-state index in [-0.39, 0.29) is 6.61 Å². The van der Waals surface area contributed by atoms with Crippen molar-refractivity contribution < 1.29 is 23.1 Å². The van der Waals surface area contributed by atoms with Gasteiger partial charge < -0.3 is 9.84 Å². The SMILES string of the molecule is CCC(CC)(CO)NS(=O)(=O)C(C)C(=O)OC. The standard InChI is InChI=1S/C10H21NO5S/c1-5-10(6-2,7-12)11-17(14,15)8(3)9(13)16-4/h8,11-12H,5-7H2,1-4H3. The van der Waals surface area contributed by atoms with Crippen LogP contribution in [0.1, 0.15) is 33.6 Å². The molecule has 2 N–H and O–H groups in total. The molecule has 6 nitrogen and oxygen atoms in total. The maximum atomic E-state index is 11.9. The normalized spacial score (nSPS) is 14.4. The first-order valence-electron chi connectivity index (χ1n) is 5.50. The van der Waals surface area contributed by atoms with Gasteiger partial charge in [-0.25, -0.2) is 13.1 Å². The van der Waals surface area contributed by atoms with Crippen molar-refractivity contribution in [2.75, 3.05) is 13.7 Å². The van der Waals surface area contributed by atoms with Crippen molar-refractivity contribution in [3.8, 4) is 0 Å². The van der Waals surface area contributed by atoms with Gasteiger partial charge in [-0.1, -0.05) is 13.8 Å². The summed E-state index contributed by atoms with van der Waals surface area (Å²) < 4.78 is 30.6. The summed E-state index contributed by atoms with van der Waals surface area (Å²) in [5, 5.41) is 7.98. The summed E-state index contributed by atoms with van der Waals surface area (Å²) in [7, 11) is -2.72. The number of rotatable bonds is 7. The molecule has 0 heterocycles. The maximum Gasteiger partial charge on any atom is 0.325 e. The first-order valence-corrected chi connectivity index (χ1v) is 7.04. The largest absolute Gasteiger partial charge is 0.468 e. The van der Waals surface area contributed by atoms with Crippen LogP contribution >= 0.6 is 0 Å². The van der Waals surface area contributed by atoms with E-state index in [0.717, 1.165) is 7.11 Å². The van der Waals surface area contributed by atoms with Gasteiger partial charge in [0.2, 0.25) is 10.0 Å². The molecule has 0 aliphatic heterocycles. The molecule has 7 heteroatoms. The third-order valence-corrected chi connectivity index (χ3v) is 4.85. The monoisotopic (exact) mass is 267 g/mol. The lowest BCUT2D eigenvalue weighted by Crippen LogP contribution is -2.53. The maximum absolute atomic E-state index is 11.9. The molecule has 0 aliphatic rings. The minimum Gasteiger partial charge on any atom is -0.468 e. The van der Waals surface area contributed by atoms with Crippen molar-refractivity contribution in [3.63, 3.8) is 0 Å². The molecule has 0 saturated carbocycles. The Bertz CT molecular complexity index is 339. The minimum atomic E-state index is -3.85. The molecule has 0 aliphatic carbocycles. The molecular formula is C10H21NO5S. The topological polar surface area (TPSA) is 92.7 Å². The Kier molecular flexibility index (Phi) is 6.08. The molecule has 0 rings (SSSR count). The van der Waals surface area contributed by atoms with E-state index < -0.39 is 26.8 Å². The zero-order valence-corrected chi connectivity index (χ0v) is 11.5. The zero-order valence-electron chi connectivity index (χ0n) is 10.7. The fraction of sp³-hybridized carbons (Fsp3) is 0.900. The third kappa shape index (κ3) is 3.93. The summed E-state index contributed by atoms with van der Waals surface area (Å²) in [4.78, 5) is 11.2.